The van der Waals surface area contributed by atoms with Gasteiger partial charge in [0.1, 0.15) is 0 Å². The molecule has 0 aliphatic heterocycles. The van der Waals surface area contributed by atoms with Crippen LogP contribution in [0.5, 0.6) is 11.5 Å². The first-order valence-electron chi connectivity index (χ1n) is 14.1. The van der Waals surface area contributed by atoms with E-state index in [1.807, 2.05) is 12.1 Å². The number of non-ortho nitro benzene ring substituents is 1. The van der Waals surface area contributed by atoms with Crippen LogP contribution < -0.4 is 20.2 Å². The molecular weight excluding hydrogens is 520 g/mol. The van der Waals surface area contributed by atoms with Crippen LogP contribution in [0.3, 0.4) is 0 Å². The molecule has 2 N–H and O–H groups in total. The summed E-state index contributed by atoms with van der Waals surface area (Å²) in [5, 5.41) is 17.9. The van der Waals surface area contributed by atoms with Crippen LogP contribution in [0.1, 0.15) is 49.7 Å². The largest absolute Gasteiger partial charge is 0.493 e. The van der Waals surface area contributed by atoms with Crippen LogP contribution in [0.15, 0.2) is 71.8 Å². The summed E-state index contributed by atoms with van der Waals surface area (Å²) in [6.45, 7) is -0.151. The number of hydrogen-bond donors (Lipinski definition) is 2. The Morgan fingerprint density at radius 3 is 2.20 bits per heavy atom. The summed E-state index contributed by atoms with van der Waals surface area (Å²) in [7, 11) is 1.53. The Bertz CT molecular complexity index is 1420. The summed E-state index contributed by atoms with van der Waals surface area (Å²) in [6.07, 6.45) is 9.83. The summed E-state index contributed by atoms with van der Waals surface area (Å²) in [5.74, 6) is 3.37. The summed E-state index contributed by atoms with van der Waals surface area (Å²) in [6, 6.07) is 19.7. The number of carbonyl (C=O) groups is 1. The molecule has 7 rings (SSSR count). The van der Waals surface area contributed by atoms with Crippen molar-refractivity contribution in [1.29, 1.82) is 0 Å². The SMILES string of the molecule is COc1cc(/C=N/Nc2ccc([N+](=O)[O-])cc2)ccc1OCC(=O)Nc1ccc(C23CC4CC(CC(C4)C2)C3)cc1. The van der Waals surface area contributed by atoms with Crippen molar-refractivity contribution in [2.75, 3.05) is 24.5 Å². The third-order valence-electron chi connectivity index (χ3n) is 8.85. The molecule has 4 fully saturated rings. The maximum absolute atomic E-state index is 12.6. The molecule has 212 valence electrons. The molecule has 0 radical (unpaired) electrons. The van der Waals surface area contributed by atoms with E-state index in [0.29, 0.717) is 22.6 Å². The minimum absolute atomic E-state index is 0.0129. The highest BCUT2D eigenvalue weighted by Gasteiger charge is 2.51. The fourth-order valence-corrected chi connectivity index (χ4v) is 7.43. The highest BCUT2D eigenvalue weighted by molar-refractivity contribution is 5.92. The molecule has 4 bridgehead atoms. The Labute approximate surface area is 239 Å². The average molecular weight is 555 g/mol. The number of ether oxygens (including phenoxy) is 2. The van der Waals surface area contributed by atoms with Gasteiger partial charge in [0.2, 0.25) is 0 Å². The molecular formula is C32H34N4O5. The summed E-state index contributed by atoms with van der Waals surface area (Å²) >= 11 is 0. The average Bonchev–Trinajstić information content (AvgIpc) is 2.96. The van der Waals surface area contributed by atoms with Gasteiger partial charge in [0.05, 0.1) is 23.9 Å². The van der Waals surface area contributed by atoms with Crippen LogP contribution in [0.4, 0.5) is 17.1 Å². The molecule has 4 aliphatic carbocycles. The first-order valence-corrected chi connectivity index (χ1v) is 14.1. The Hall–Kier alpha value is -4.40. The molecule has 3 aromatic carbocycles. The number of hydrogen-bond acceptors (Lipinski definition) is 7. The van der Waals surface area contributed by atoms with E-state index >= 15 is 0 Å². The number of benzene rings is 3. The summed E-state index contributed by atoms with van der Waals surface area (Å²) in [5.41, 5.74) is 6.75. The van der Waals surface area contributed by atoms with Crippen LogP contribution in [0.2, 0.25) is 0 Å². The van der Waals surface area contributed by atoms with Crippen molar-refractivity contribution in [3.63, 3.8) is 0 Å². The third-order valence-corrected chi connectivity index (χ3v) is 8.85. The second kappa shape index (κ2) is 11.2. The summed E-state index contributed by atoms with van der Waals surface area (Å²) in [4.78, 5) is 23.0. The van der Waals surface area contributed by atoms with Gasteiger partial charge in [-0.25, -0.2) is 0 Å². The first kappa shape index (κ1) is 26.8. The van der Waals surface area contributed by atoms with Crippen molar-refractivity contribution in [3.8, 4) is 11.5 Å². The van der Waals surface area contributed by atoms with Crippen LogP contribution in [0, 0.1) is 27.9 Å². The van der Waals surface area contributed by atoms with Gasteiger partial charge in [0.15, 0.2) is 18.1 Å². The van der Waals surface area contributed by atoms with E-state index in [-0.39, 0.29) is 18.2 Å². The van der Waals surface area contributed by atoms with Crippen LogP contribution in [-0.2, 0) is 10.2 Å². The topological polar surface area (TPSA) is 115 Å². The number of anilines is 2. The van der Waals surface area contributed by atoms with Gasteiger partial charge in [-0.1, -0.05) is 12.1 Å². The lowest BCUT2D eigenvalue weighted by Crippen LogP contribution is -2.48. The Morgan fingerprint density at radius 1 is 0.951 bits per heavy atom. The predicted molar refractivity (Wildman–Crippen MR) is 158 cm³/mol. The molecule has 0 heterocycles. The number of nitrogens with zero attached hydrogens (tertiary/aromatic N) is 2. The number of rotatable bonds is 10. The second-order valence-corrected chi connectivity index (χ2v) is 11.7. The Balaban J connectivity index is 1.01. The summed E-state index contributed by atoms with van der Waals surface area (Å²) < 4.78 is 11.2. The van der Waals surface area contributed by atoms with Gasteiger partial charge in [0, 0.05) is 17.8 Å². The van der Waals surface area contributed by atoms with E-state index in [1.54, 1.807) is 36.5 Å². The van der Waals surface area contributed by atoms with E-state index in [0.717, 1.165) is 29.0 Å². The Kier molecular flexibility index (Phi) is 7.34. The van der Waals surface area contributed by atoms with Crippen molar-refractivity contribution in [1.82, 2.24) is 0 Å². The fourth-order valence-electron chi connectivity index (χ4n) is 7.43. The van der Waals surface area contributed by atoms with E-state index in [9.17, 15) is 14.9 Å². The van der Waals surface area contributed by atoms with Gasteiger partial charge >= 0.3 is 0 Å². The van der Waals surface area contributed by atoms with Gasteiger partial charge < -0.3 is 14.8 Å². The standard InChI is InChI=1S/C32H34N4O5/c1-40-30-15-21(19-33-35-27-7-9-28(10-8-27)36(38)39)2-11-29(30)41-20-31(37)34-26-5-3-25(4-6-26)32-16-22-12-23(17-32)14-24(13-22)18-32/h2-11,15,19,22-24,35H,12-14,16-18,20H2,1H3,(H,34,37)/b33-19+. The molecule has 4 aliphatic rings. The molecule has 1 amide bonds. The van der Waals surface area contributed by atoms with Crippen molar-refractivity contribution < 1.29 is 19.2 Å². The number of nitrogens with one attached hydrogen (secondary N) is 2. The number of methoxy groups -OCH3 is 1. The van der Waals surface area contributed by atoms with Crippen LogP contribution in [-0.4, -0.2) is 30.8 Å². The van der Waals surface area contributed by atoms with Gasteiger partial charge in [-0.2, -0.15) is 5.10 Å². The maximum Gasteiger partial charge on any atom is 0.269 e. The molecule has 9 heteroatoms. The molecule has 4 saturated carbocycles. The van der Waals surface area contributed by atoms with Gasteiger partial charge in [-0.3, -0.25) is 20.3 Å². The van der Waals surface area contributed by atoms with E-state index < -0.39 is 4.92 Å². The lowest BCUT2D eigenvalue weighted by Gasteiger charge is -2.57. The number of hydrazone groups is 1. The smallest absolute Gasteiger partial charge is 0.269 e. The third kappa shape index (κ3) is 5.89. The minimum Gasteiger partial charge on any atom is -0.493 e. The van der Waals surface area contributed by atoms with Gasteiger partial charge in [0.25, 0.3) is 11.6 Å². The number of carbonyl (C=O) groups excluding carboxylic acids is 1. The second-order valence-electron chi connectivity index (χ2n) is 11.7. The monoisotopic (exact) mass is 554 g/mol. The van der Waals surface area contributed by atoms with Crippen molar-refractivity contribution >= 4 is 29.2 Å². The zero-order valence-electron chi connectivity index (χ0n) is 23.0. The zero-order chi connectivity index (χ0) is 28.4. The van der Waals surface area contributed by atoms with Crippen molar-refractivity contribution in [3.05, 3.63) is 88.0 Å². The fraction of sp³-hybridized carbons (Fsp3) is 0.375. The maximum atomic E-state index is 12.6. The number of nitro groups is 1. The molecule has 0 unspecified atom stereocenters. The highest BCUT2D eigenvalue weighted by atomic mass is 16.6. The van der Waals surface area contributed by atoms with E-state index in [4.69, 9.17) is 9.47 Å². The van der Waals surface area contributed by atoms with Crippen molar-refractivity contribution in [2.45, 2.75) is 43.9 Å². The molecule has 3 aromatic rings. The minimum atomic E-state index is -0.452. The zero-order valence-corrected chi connectivity index (χ0v) is 23.0. The molecule has 0 aromatic heterocycles. The molecule has 9 nitrogen and oxygen atoms in total. The normalized spacial score (nSPS) is 24.3. The number of nitro benzene ring substituents is 1. The van der Waals surface area contributed by atoms with Crippen molar-refractivity contribution in [2.24, 2.45) is 22.9 Å². The Morgan fingerprint density at radius 2 is 1.59 bits per heavy atom. The molecule has 0 spiro atoms. The first-order chi connectivity index (χ1) is 19.9. The lowest BCUT2D eigenvalue weighted by molar-refractivity contribution is -0.384. The highest BCUT2D eigenvalue weighted by Crippen LogP contribution is 2.60. The predicted octanol–water partition coefficient (Wildman–Crippen LogP) is 6.53. The quantitative estimate of drug-likeness (QED) is 0.167. The van der Waals surface area contributed by atoms with E-state index in [1.165, 1.54) is 63.3 Å². The van der Waals surface area contributed by atoms with Gasteiger partial charge in [-0.05, 0) is 115 Å². The molecule has 0 atom stereocenters. The number of amides is 1. The lowest BCUT2D eigenvalue weighted by atomic mass is 9.48. The molecule has 41 heavy (non-hydrogen) atoms. The molecule has 0 saturated heterocycles. The van der Waals surface area contributed by atoms with Gasteiger partial charge in [-0.15, -0.1) is 0 Å². The van der Waals surface area contributed by atoms with Crippen LogP contribution in [0.25, 0.3) is 0 Å². The van der Waals surface area contributed by atoms with E-state index in [2.05, 4.69) is 28.0 Å². The van der Waals surface area contributed by atoms with Crippen LogP contribution >= 0.6 is 0 Å².